The minimum atomic E-state index is -2.03. The number of aliphatic carboxylic acids is 1. The maximum absolute atomic E-state index is 13.1. The summed E-state index contributed by atoms with van der Waals surface area (Å²) in [6.45, 7) is 7.14. The second-order valence-corrected chi connectivity index (χ2v) is 22.3. The van der Waals surface area contributed by atoms with E-state index in [1.54, 1.807) is 12.1 Å². The number of imide groups is 1. The van der Waals surface area contributed by atoms with Crippen molar-refractivity contribution in [2.45, 2.75) is 122 Å². The quantitative estimate of drug-likeness (QED) is 0.0342. The summed E-state index contributed by atoms with van der Waals surface area (Å²) in [5.41, 5.74) is 2.14. The first-order valence-electron chi connectivity index (χ1n) is 26.5. The molecule has 0 spiro atoms. The molecule has 5 fully saturated rings. The smallest absolute Gasteiger partial charge is 0.414 e. The number of nitrogens with zero attached hydrogens (tertiary/aromatic N) is 4. The molecule has 1 saturated heterocycles. The molecule has 2 aliphatic heterocycles. The molecule has 449 valence electrons. The molecule has 4 heterocycles. The van der Waals surface area contributed by atoms with Crippen LogP contribution >= 0.6 is 0 Å². The number of carbonyl (C=O) groups excluding carboxylic acids is 6. The van der Waals surface area contributed by atoms with Gasteiger partial charge in [-0.3, -0.25) is 34.2 Å². The Kier molecular flexibility index (Phi) is 21.8. The van der Waals surface area contributed by atoms with Crippen molar-refractivity contribution in [3.63, 3.8) is 0 Å². The third-order valence-electron chi connectivity index (χ3n) is 15.4. The normalized spacial score (nSPS) is 26.5. The van der Waals surface area contributed by atoms with Crippen molar-refractivity contribution in [1.82, 2.24) is 25.1 Å². The van der Waals surface area contributed by atoms with Gasteiger partial charge in [-0.2, -0.15) is 0 Å². The summed E-state index contributed by atoms with van der Waals surface area (Å²) in [5.74, 6) is -4.53. The summed E-state index contributed by atoms with van der Waals surface area (Å²) in [6.07, 6.45) is -2.59. The maximum atomic E-state index is 13.1. The number of carbonyl (C=O) groups is 8. The van der Waals surface area contributed by atoms with Crippen LogP contribution in [0.5, 0.6) is 5.75 Å². The third kappa shape index (κ3) is 15.9. The van der Waals surface area contributed by atoms with Crippen molar-refractivity contribution in [1.29, 1.82) is 0 Å². The SMILES string of the molecule is CNC(=O)Cc1ccc(-c2ccn(CC34CC5(C)CC(C)(C3)CC(OCC[N-]C(=O)OCc3ccc(NC(=O)O[C@@H]6O[C@H](C(=O)O)[C@@H](O)[C@H](O)[C@H]6O)c(OCCOCCNC(=O)CCN6C(=O)C=CC6=O)c3)(C5)C4)c2C)c(C(=O)O)n1.[CH3-].[Y]. The maximum Gasteiger partial charge on any atom is 0.414 e. The number of carboxylic acids is 2. The molecule has 2 aromatic heterocycles. The second kappa shape index (κ2) is 27.5. The predicted molar refractivity (Wildman–Crippen MR) is 288 cm³/mol. The Morgan fingerprint density at radius 1 is 0.843 bits per heavy atom. The van der Waals surface area contributed by atoms with Gasteiger partial charge in [0, 0.05) is 108 Å². The fraction of sp³-hybridized carbons (Fsp3) is 0.536. The molecular formula is C56H71N7O19Y-2. The number of ether oxygens (including phenoxy) is 6. The van der Waals surface area contributed by atoms with Gasteiger partial charge in [0.25, 0.3) is 11.8 Å². The number of pyridine rings is 1. The molecule has 1 aromatic carbocycles. The van der Waals surface area contributed by atoms with Gasteiger partial charge < -0.3 is 81.9 Å². The van der Waals surface area contributed by atoms with Crippen LogP contribution < -0.4 is 20.7 Å². The molecule has 9 rings (SSSR count). The summed E-state index contributed by atoms with van der Waals surface area (Å²) < 4.78 is 36.1. The standard InChI is InChI=1S/C55H69N7O19.CH3.Y/c1-31-34(35-7-6-33(22-39(64)56-4)59-42(35)47(70)71)11-15-61(31)30-54-25-52(2)24-53(3,26-54)28-55(27-52,29-54)79-18-14-58-50(74)78-23-32-5-8-36(60-51(75)81-49-45(69)43(67)44(68)46(80-49)48(72)73)37(21-32)77-20-19-76-17-13-57-38(63)12-16-62-40(65)9-10-41(62)66;;/h5-11,15,21,43-46,49,67-69H,12-14,16-20,22-30H2,1-4H3,(H6,56,57,58,60,63,64,70,71,72,73,74,75);1H3;/q;-1;/p-1/t43-,44-,45+,46-,49-,52?,53?,54?,55?;;/m0../s1. The number of likely N-dealkylation sites (N-methyl/N-ethyl adjacent to an activating group) is 1. The Hall–Kier alpha value is -6.39. The first-order valence-corrected chi connectivity index (χ1v) is 26.5. The summed E-state index contributed by atoms with van der Waals surface area (Å²) in [5, 5.41) is 61.8. The van der Waals surface area contributed by atoms with Crippen molar-refractivity contribution in [2.24, 2.45) is 16.2 Å². The number of rotatable bonds is 25. The summed E-state index contributed by atoms with van der Waals surface area (Å²) in [7, 11) is 1.51. The van der Waals surface area contributed by atoms with Gasteiger partial charge in [0.15, 0.2) is 11.8 Å². The minimum Gasteiger partial charge on any atom is -0.615 e. The van der Waals surface area contributed by atoms with E-state index in [0.29, 0.717) is 23.4 Å². The van der Waals surface area contributed by atoms with E-state index in [1.807, 2.05) is 19.2 Å². The molecule has 7 atom stereocenters. The van der Waals surface area contributed by atoms with Crippen LogP contribution in [0.25, 0.3) is 16.4 Å². The summed E-state index contributed by atoms with van der Waals surface area (Å²) >= 11 is 0. The van der Waals surface area contributed by atoms with E-state index >= 15 is 0 Å². The van der Waals surface area contributed by atoms with Crippen molar-refractivity contribution in [3.8, 4) is 16.9 Å². The molecule has 2 unspecified atom stereocenters. The number of nitrogens with one attached hydrogen (secondary N) is 3. The molecule has 6 aliphatic rings. The zero-order valence-electron chi connectivity index (χ0n) is 46.9. The van der Waals surface area contributed by atoms with E-state index in [2.05, 4.69) is 44.7 Å². The van der Waals surface area contributed by atoms with Crippen LogP contribution in [0.4, 0.5) is 15.3 Å². The van der Waals surface area contributed by atoms with Crippen LogP contribution in [0.2, 0.25) is 0 Å². The van der Waals surface area contributed by atoms with Gasteiger partial charge >= 0.3 is 18.0 Å². The van der Waals surface area contributed by atoms with E-state index in [1.165, 1.54) is 25.2 Å². The minimum absolute atomic E-state index is 0. The fourth-order valence-corrected chi connectivity index (χ4v) is 13.1. The average Bonchev–Trinajstić information content (AvgIpc) is 3.11. The predicted octanol–water partition coefficient (Wildman–Crippen LogP) is 3.41. The number of amides is 6. The monoisotopic (exact) mass is 1230 g/mol. The molecule has 83 heavy (non-hydrogen) atoms. The third-order valence-corrected chi connectivity index (χ3v) is 15.4. The average molecular weight is 1240 g/mol. The van der Waals surface area contributed by atoms with Gasteiger partial charge in [-0.15, -0.1) is 6.54 Å². The largest absolute Gasteiger partial charge is 0.615 e. The van der Waals surface area contributed by atoms with Gasteiger partial charge in [-0.25, -0.2) is 19.4 Å². The van der Waals surface area contributed by atoms with Crippen molar-refractivity contribution < 1.29 is 125 Å². The van der Waals surface area contributed by atoms with Crippen LogP contribution in [-0.4, -0.2) is 177 Å². The number of aromatic carboxylic acids is 1. The molecule has 3 aromatic rings. The zero-order valence-corrected chi connectivity index (χ0v) is 49.8. The van der Waals surface area contributed by atoms with Crippen LogP contribution in [0.15, 0.2) is 54.7 Å². The summed E-state index contributed by atoms with van der Waals surface area (Å²) in [6, 6.07) is 9.63. The van der Waals surface area contributed by atoms with Gasteiger partial charge in [0.1, 0.15) is 37.3 Å². The van der Waals surface area contributed by atoms with E-state index in [9.17, 15) is 63.9 Å². The van der Waals surface area contributed by atoms with Crippen molar-refractivity contribution >= 4 is 53.4 Å². The molecule has 26 nitrogen and oxygen atoms in total. The van der Waals surface area contributed by atoms with Gasteiger partial charge in [-0.05, 0) is 91.5 Å². The number of hydrogen-bond donors (Lipinski definition) is 8. The Morgan fingerprint density at radius 3 is 2.23 bits per heavy atom. The van der Waals surface area contributed by atoms with Crippen molar-refractivity contribution in [2.75, 3.05) is 58.4 Å². The first-order chi connectivity index (χ1) is 38.4. The number of carboxylic acid groups (broad SMARTS) is 2. The van der Waals surface area contributed by atoms with Crippen LogP contribution in [-0.2, 0) is 99.9 Å². The molecule has 4 saturated carbocycles. The summed E-state index contributed by atoms with van der Waals surface area (Å²) in [4.78, 5) is 103. The molecule has 1 radical (unpaired) electrons. The molecule has 8 N–H and O–H groups in total. The van der Waals surface area contributed by atoms with E-state index < -0.39 is 78.2 Å². The van der Waals surface area contributed by atoms with E-state index in [4.69, 9.17) is 28.4 Å². The molecule has 4 aliphatic carbocycles. The molecular weight excluding hydrogens is 1160 g/mol. The fourth-order valence-electron chi connectivity index (χ4n) is 13.1. The van der Waals surface area contributed by atoms with Crippen molar-refractivity contribution in [3.05, 3.63) is 90.1 Å². The number of aliphatic hydroxyl groups excluding tert-OH is 3. The Morgan fingerprint density at radius 2 is 1.55 bits per heavy atom. The zero-order chi connectivity index (χ0) is 58.4. The first kappa shape index (κ1) is 65.8. The Labute approximate surface area is 504 Å². The van der Waals surface area contributed by atoms with Gasteiger partial charge in [-0.1, -0.05) is 26.0 Å². The van der Waals surface area contributed by atoms with Crippen LogP contribution in [0, 0.1) is 30.6 Å². The molecule has 4 bridgehead atoms. The Bertz CT molecular complexity index is 2920. The van der Waals surface area contributed by atoms with Gasteiger partial charge in [0.2, 0.25) is 24.2 Å². The van der Waals surface area contributed by atoms with E-state index in [-0.39, 0.29) is 145 Å². The number of anilines is 1. The number of hydrogen-bond acceptors (Lipinski definition) is 18. The number of aromatic nitrogens is 2. The topological polar surface area (TPSA) is 364 Å². The van der Waals surface area contributed by atoms with E-state index in [0.717, 1.165) is 66.8 Å². The molecule has 6 amide bonds. The van der Waals surface area contributed by atoms with Crippen LogP contribution in [0.3, 0.4) is 0 Å². The number of benzene rings is 1. The second-order valence-electron chi connectivity index (χ2n) is 22.3. The van der Waals surface area contributed by atoms with Gasteiger partial charge in [0.05, 0.1) is 36.6 Å². The number of aliphatic hydroxyl groups is 3. The van der Waals surface area contributed by atoms with Crippen LogP contribution in [0.1, 0.15) is 86.2 Å². The Balaban J connectivity index is 0.00000553. The molecule has 27 heteroatoms.